The number of carbonyl (C=O) groups excluding carboxylic acids is 1. The maximum atomic E-state index is 12.4. The summed E-state index contributed by atoms with van der Waals surface area (Å²) in [4.78, 5) is 30.9. The van der Waals surface area contributed by atoms with Crippen LogP contribution >= 0.6 is 0 Å². The molecule has 138 valence electrons. The molecule has 0 saturated carbocycles. The van der Waals surface area contributed by atoms with Crippen molar-refractivity contribution >= 4 is 23.6 Å². The summed E-state index contributed by atoms with van der Waals surface area (Å²) < 4.78 is 5.28. The Morgan fingerprint density at radius 1 is 1.44 bits per heavy atom. The lowest BCUT2D eigenvalue weighted by Crippen LogP contribution is -2.56. The van der Waals surface area contributed by atoms with E-state index in [1.807, 2.05) is 11.8 Å². The van der Waals surface area contributed by atoms with Gasteiger partial charge in [0.05, 0.1) is 23.6 Å². The van der Waals surface area contributed by atoms with Crippen LogP contribution in [0.25, 0.3) is 0 Å². The number of hydrogen-bond acceptors (Lipinski definition) is 6. The number of nitrogens with zero attached hydrogens (tertiary/aromatic N) is 3. The van der Waals surface area contributed by atoms with Gasteiger partial charge in [0.15, 0.2) is 0 Å². The van der Waals surface area contributed by atoms with Crippen LogP contribution in [-0.2, 0) is 4.74 Å². The molecule has 1 aromatic rings. The van der Waals surface area contributed by atoms with E-state index < -0.39 is 23.8 Å². The highest BCUT2D eigenvalue weighted by molar-refractivity contribution is 5.87. The molecule has 2 heterocycles. The number of imide groups is 1. The smallest absolute Gasteiger partial charge is 0.420 e. The van der Waals surface area contributed by atoms with Gasteiger partial charge in [-0.05, 0) is 39.2 Å². The van der Waals surface area contributed by atoms with Crippen LogP contribution in [0.5, 0.6) is 0 Å². The summed E-state index contributed by atoms with van der Waals surface area (Å²) in [5.41, 5.74) is 6.53. The highest BCUT2D eigenvalue weighted by Crippen LogP contribution is 2.30. The number of rotatable bonds is 2. The van der Waals surface area contributed by atoms with Crippen molar-refractivity contribution in [3.8, 4) is 0 Å². The maximum Gasteiger partial charge on any atom is 0.420 e. The third-order valence-electron chi connectivity index (χ3n) is 4.22. The topological polar surface area (TPSA) is 109 Å². The lowest BCUT2D eigenvalue weighted by Gasteiger charge is -2.42. The Hall–Kier alpha value is -2.51. The highest BCUT2D eigenvalue weighted by atomic mass is 16.6. The molecule has 1 aliphatic heterocycles. The molecule has 2 amide bonds. The second kappa shape index (κ2) is 7.16. The molecule has 8 nitrogen and oxygen atoms in total. The van der Waals surface area contributed by atoms with Gasteiger partial charge in [0, 0.05) is 19.3 Å². The molecule has 0 bridgehead atoms. The number of anilines is 2. The molecule has 2 unspecified atom stereocenters. The van der Waals surface area contributed by atoms with Crippen LogP contribution in [0.1, 0.15) is 34.1 Å². The average molecular weight is 350 g/mol. The van der Waals surface area contributed by atoms with E-state index in [2.05, 4.69) is 4.98 Å². The van der Waals surface area contributed by atoms with Crippen LogP contribution in [0.3, 0.4) is 0 Å². The second-order valence-corrected chi connectivity index (χ2v) is 7.35. The monoisotopic (exact) mass is 350 g/mol. The van der Waals surface area contributed by atoms with Crippen LogP contribution in [0.4, 0.5) is 21.0 Å². The second-order valence-electron chi connectivity index (χ2n) is 7.35. The number of ether oxygens (including phenoxy) is 1. The molecule has 1 aliphatic rings. The van der Waals surface area contributed by atoms with Crippen molar-refractivity contribution in [1.29, 1.82) is 0 Å². The summed E-state index contributed by atoms with van der Waals surface area (Å²) in [6, 6.07) is 1.27. The predicted octanol–water partition coefficient (Wildman–Crippen LogP) is 2.79. The molecule has 0 spiro atoms. The van der Waals surface area contributed by atoms with Crippen molar-refractivity contribution < 1.29 is 19.4 Å². The lowest BCUT2D eigenvalue weighted by molar-refractivity contribution is 0.0127. The Morgan fingerprint density at radius 3 is 2.68 bits per heavy atom. The zero-order chi connectivity index (χ0) is 18.8. The van der Waals surface area contributed by atoms with Gasteiger partial charge in [-0.1, -0.05) is 6.92 Å². The predicted molar refractivity (Wildman–Crippen MR) is 94.5 cm³/mol. The fourth-order valence-electron chi connectivity index (χ4n) is 2.96. The van der Waals surface area contributed by atoms with E-state index in [4.69, 9.17) is 10.5 Å². The van der Waals surface area contributed by atoms with E-state index >= 15 is 0 Å². The Morgan fingerprint density at radius 2 is 2.12 bits per heavy atom. The number of nitrogen functional groups attached to an aromatic ring is 1. The first kappa shape index (κ1) is 18.8. The Balaban J connectivity index is 2.25. The van der Waals surface area contributed by atoms with Crippen LogP contribution < -0.4 is 10.6 Å². The molecule has 0 aromatic carbocycles. The molecule has 0 aliphatic carbocycles. The minimum atomic E-state index is -1.31. The van der Waals surface area contributed by atoms with E-state index in [0.29, 0.717) is 12.2 Å². The van der Waals surface area contributed by atoms with E-state index in [-0.39, 0.29) is 5.92 Å². The molecule has 2 atom stereocenters. The van der Waals surface area contributed by atoms with E-state index in [1.165, 1.54) is 0 Å². The fourth-order valence-corrected chi connectivity index (χ4v) is 2.96. The third kappa shape index (κ3) is 4.52. The van der Waals surface area contributed by atoms with Gasteiger partial charge in [-0.3, -0.25) is 4.98 Å². The molecular weight excluding hydrogens is 324 g/mol. The molecule has 1 aromatic heterocycles. The standard InChI is InChI=1S/C17H26N4O4/c1-11-6-8-20(13-5-7-19-9-12(13)18)10-14(11)21(15(22)23)16(24)25-17(2,3)4/h5,7,9,11,14H,6,8,10,18H2,1-4H3,(H,22,23). The summed E-state index contributed by atoms with van der Waals surface area (Å²) in [5.74, 6) is 0.0166. The number of amides is 2. The zero-order valence-electron chi connectivity index (χ0n) is 15.1. The van der Waals surface area contributed by atoms with Gasteiger partial charge in [0.25, 0.3) is 0 Å². The van der Waals surface area contributed by atoms with E-state index in [1.54, 1.807) is 39.2 Å². The molecule has 3 N–H and O–H groups in total. The van der Waals surface area contributed by atoms with Gasteiger partial charge in [0.1, 0.15) is 5.60 Å². The van der Waals surface area contributed by atoms with Gasteiger partial charge in [-0.15, -0.1) is 0 Å². The summed E-state index contributed by atoms with van der Waals surface area (Å²) in [6.45, 7) is 8.16. The van der Waals surface area contributed by atoms with Crippen LogP contribution in [0, 0.1) is 5.92 Å². The first-order chi connectivity index (χ1) is 11.6. The van der Waals surface area contributed by atoms with Crippen molar-refractivity contribution in [3.63, 3.8) is 0 Å². The summed E-state index contributed by atoms with van der Waals surface area (Å²) in [5, 5.41) is 9.59. The first-order valence-electron chi connectivity index (χ1n) is 8.29. The van der Waals surface area contributed by atoms with E-state index in [0.717, 1.165) is 23.6 Å². The number of piperidine rings is 1. The molecule has 8 heteroatoms. The SMILES string of the molecule is CC1CCN(c2ccncc2N)CC1N(C(=O)O)C(=O)OC(C)(C)C. The zero-order valence-corrected chi connectivity index (χ0v) is 15.1. The van der Waals surface area contributed by atoms with Crippen molar-refractivity contribution in [1.82, 2.24) is 9.88 Å². The van der Waals surface area contributed by atoms with Crippen LogP contribution in [0.15, 0.2) is 18.5 Å². The fraction of sp³-hybridized carbons (Fsp3) is 0.588. The third-order valence-corrected chi connectivity index (χ3v) is 4.22. The molecular formula is C17H26N4O4. The molecule has 0 radical (unpaired) electrons. The Bertz CT molecular complexity index is 644. The van der Waals surface area contributed by atoms with Crippen LogP contribution in [-0.4, -0.2) is 51.9 Å². The van der Waals surface area contributed by atoms with E-state index in [9.17, 15) is 14.7 Å². The van der Waals surface area contributed by atoms with Gasteiger partial charge in [0.2, 0.25) is 0 Å². The minimum absolute atomic E-state index is 0.0166. The Kier molecular flexibility index (Phi) is 5.39. The largest absolute Gasteiger partial charge is 0.465 e. The number of hydrogen-bond donors (Lipinski definition) is 2. The molecule has 25 heavy (non-hydrogen) atoms. The van der Waals surface area contributed by atoms with Crippen LogP contribution in [0.2, 0.25) is 0 Å². The van der Waals surface area contributed by atoms with Crippen molar-refractivity contribution in [2.75, 3.05) is 23.7 Å². The summed E-state index contributed by atoms with van der Waals surface area (Å²) in [6.07, 6.45) is 1.78. The molecule has 1 saturated heterocycles. The number of pyridine rings is 1. The van der Waals surface area contributed by atoms with Crippen molar-refractivity contribution in [2.45, 2.75) is 45.8 Å². The highest BCUT2D eigenvalue weighted by Gasteiger charge is 2.39. The normalized spacial score (nSPS) is 20.9. The summed E-state index contributed by atoms with van der Waals surface area (Å²) >= 11 is 0. The molecule has 2 rings (SSSR count). The van der Waals surface area contributed by atoms with Gasteiger partial charge < -0.3 is 20.5 Å². The molecule has 1 fully saturated rings. The van der Waals surface area contributed by atoms with Gasteiger partial charge in [-0.2, -0.15) is 0 Å². The average Bonchev–Trinajstić information content (AvgIpc) is 2.48. The number of aromatic nitrogens is 1. The summed E-state index contributed by atoms with van der Waals surface area (Å²) in [7, 11) is 0. The van der Waals surface area contributed by atoms with Gasteiger partial charge >= 0.3 is 12.2 Å². The minimum Gasteiger partial charge on any atom is -0.465 e. The lowest BCUT2D eigenvalue weighted by atomic mass is 9.92. The first-order valence-corrected chi connectivity index (χ1v) is 8.29. The number of carboxylic acid groups (broad SMARTS) is 1. The maximum absolute atomic E-state index is 12.4. The Labute approximate surface area is 147 Å². The number of carbonyl (C=O) groups is 2. The number of nitrogens with two attached hydrogens (primary N) is 1. The quantitative estimate of drug-likeness (QED) is 0.844. The van der Waals surface area contributed by atoms with Crippen molar-refractivity contribution in [3.05, 3.63) is 18.5 Å². The van der Waals surface area contributed by atoms with Crippen molar-refractivity contribution in [2.24, 2.45) is 5.92 Å². The van der Waals surface area contributed by atoms with Gasteiger partial charge in [-0.25, -0.2) is 14.5 Å².